The van der Waals surface area contributed by atoms with Crippen LogP contribution in [0.1, 0.15) is 15.9 Å². The first-order valence-corrected chi connectivity index (χ1v) is 9.85. The van der Waals surface area contributed by atoms with Gasteiger partial charge in [-0.05, 0) is 24.1 Å². The highest BCUT2D eigenvalue weighted by Crippen LogP contribution is 2.24. The molecule has 2 N–H and O–H groups in total. The van der Waals surface area contributed by atoms with Crippen LogP contribution in [0.25, 0.3) is 0 Å². The Labute approximate surface area is 115 Å². The van der Waals surface area contributed by atoms with Crippen LogP contribution in [0.5, 0.6) is 0 Å². The van der Waals surface area contributed by atoms with Crippen LogP contribution in [0.15, 0.2) is 30.9 Å². The molecule has 0 aliphatic rings. The van der Waals surface area contributed by atoms with Gasteiger partial charge in [0.1, 0.15) is 0 Å². The smallest absolute Gasteiger partial charge is 0.250 e. The zero-order chi connectivity index (χ0) is 13.8. The molecule has 98 valence electrons. The van der Waals surface area contributed by atoms with Gasteiger partial charge >= 0.3 is 0 Å². The van der Waals surface area contributed by atoms with Crippen LogP contribution in [-0.2, 0) is 6.42 Å². The molecule has 0 atom stereocenters. The van der Waals surface area contributed by atoms with Gasteiger partial charge in [-0.1, -0.05) is 48.9 Å². The predicted molar refractivity (Wildman–Crippen MR) is 81.0 cm³/mol. The molecule has 0 unspecified atom stereocenters. The van der Waals surface area contributed by atoms with E-state index in [1.54, 1.807) is 6.07 Å². The maximum atomic E-state index is 11.4. The lowest BCUT2D eigenvalue weighted by molar-refractivity contribution is 0.0999. The number of primary amides is 1. The number of aryl methyl sites for hydroxylation is 1. The molecule has 1 rings (SSSR count). The Morgan fingerprint density at radius 3 is 2.72 bits per heavy atom. The van der Waals surface area contributed by atoms with Gasteiger partial charge in [-0.15, -0.1) is 6.58 Å². The number of benzene rings is 1. The highest BCUT2D eigenvalue weighted by molar-refractivity contribution is 6.77. The second-order valence-electron chi connectivity index (χ2n) is 5.30. The molecule has 0 saturated heterocycles. The van der Waals surface area contributed by atoms with Gasteiger partial charge in [-0.25, -0.2) is 0 Å². The number of amides is 1. The summed E-state index contributed by atoms with van der Waals surface area (Å²) in [6.07, 6.45) is 2.84. The monoisotopic (exact) mass is 281 g/mol. The molecule has 0 aliphatic carbocycles. The van der Waals surface area contributed by atoms with Crippen LogP contribution in [-0.4, -0.2) is 14.0 Å². The number of carbonyl (C=O) groups excluding carboxylic acids is 1. The number of allylic oxidation sites excluding steroid dienone is 1. The van der Waals surface area contributed by atoms with Gasteiger partial charge in [0.05, 0.1) is 18.7 Å². The molecule has 0 spiro atoms. The summed E-state index contributed by atoms with van der Waals surface area (Å²) in [7, 11) is -1.27. The van der Waals surface area contributed by atoms with Crippen molar-refractivity contribution in [2.24, 2.45) is 5.73 Å². The molecule has 1 aromatic rings. The predicted octanol–water partition coefficient (Wildman–Crippen LogP) is 3.88. The third kappa shape index (κ3) is 4.00. The zero-order valence-corrected chi connectivity index (χ0v) is 12.8. The van der Waals surface area contributed by atoms with E-state index >= 15 is 0 Å². The van der Waals surface area contributed by atoms with E-state index in [-0.39, 0.29) is 0 Å². The fraction of sp³-hybridized carbons (Fsp3) is 0.357. The minimum absolute atomic E-state index is 0.446. The van der Waals surface area contributed by atoms with Gasteiger partial charge in [0.15, 0.2) is 0 Å². The Hall–Kier alpha value is -1.06. The van der Waals surface area contributed by atoms with E-state index in [9.17, 15) is 4.79 Å². The van der Waals surface area contributed by atoms with Gasteiger partial charge in [0.2, 0.25) is 5.91 Å². The van der Waals surface area contributed by atoms with E-state index in [2.05, 4.69) is 19.7 Å². The van der Waals surface area contributed by atoms with Gasteiger partial charge in [-0.2, -0.15) is 0 Å². The molecule has 2 nitrogen and oxygen atoms in total. The Bertz CT molecular complexity index is 457. The van der Waals surface area contributed by atoms with E-state index in [1.165, 1.54) is 0 Å². The molecule has 0 saturated carbocycles. The summed E-state index contributed by atoms with van der Waals surface area (Å²) in [6.45, 7) is 8.45. The molecule has 0 aliphatic heterocycles. The Morgan fingerprint density at radius 2 is 2.17 bits per heavy atom. The topological polar surface area (TPSA) is 43.1 Å². The highest BCUT2D eigenvalue weighted by Gasteiger charge is 2.20. The fourth-order valence-corrected chi connectivity index (χ4v) is 4.24. The summed E-state index contributed by atoms with van der Waals surface area (Å²) in [6, 6.07) is 7.69. The zero-order valence-electron chi connectivity index (χ0n) is 11.0. The lowest BCUT2D eigenvalue weighted by Crippen LogP contribution is -2.25. The first kappa shape index (κ1) is 15.0. The summed E-state index contributed by atoms with van der Waals surface area (Å²) in [5, 5.41) is 0.447. The van der Waals surface area contributed by atoms with Crippen LogP contribution >= 0.6 is 11.6 Å². The first-order valence-electron chi connectivity index (χ1n) is 6.05. The third-order valence-corrected chi connectivity index (χ3v) is 6.43. The second-order valence-corrected chi connectivity index (χ2v) is 10.9. The molecular formula is C14H20ClNOSi. The normalized spacial score (nSPS) is 11.3. The van der Waals surface area contributed by atoms with Gasteiger partial charge in [-0.3, -0.25) is 4.79 Å². The maximum absolute atomic E-state index is 11.4. The molecule has 0 bridgehead atoms. The lowest BCUT2D eigenvalue weighted by Gasteiger charge is -2.21. The summed E-state index contributed by atoms with van der Waals surface area (Å²) in [5.41, 5.74) is 6.82. The van der Waals surface area contributed by atoms with Crippen LogP contribution in [0.2, 0.25) is 30.2 Å². The molecule has 0 fully saturated rings. The molecule has 1 aromatic carbocycles. The van der Waals surface area contributed by atoms with Gasteiger partial charge < -0.3 is 5.73 Å². The number of hydrogen-bond donors (Lipinski definition) is 1. The molecule has 4 heteroatoms. The van der Waals surface area contributed by atoms with Crippen molar-refractivity contribution in [3.8, 4) is 0 Å². The number of nitrogens with two attached hydrogens (primary N) is 1. The molecule has 18 heavy (non-hydrogen) atoms. The number of hydrogen-bond acceptors (Lipinski definition) is 1. The van der Waals surface area contributed by atoms with Crippen molar-refractivity contribution in [2.45, 2.75) is 31.6 Å². The van der Waals surface area contributed by atoms with Crippen LogP contribution < -0.4 is 5.73 Å². The number of halogens is 1. The largest absolute Gasteiger partial charge is 0.366 e. The van der Waals surface area contributed by atoms with E-state index in [0.29, 0.717) is 10.6 Å². The summed E-state index contributed by atoms with van der Waals surface area (Å²) >= 11 is 6.03. The Kier molecular flexibility index (Phi) is 5.17. The van der Waals surface area contributed by atoms with E-state index < -0.39 is 14.0 Å². The standard InChI is InChI=1S/C14H20ClNOSi/c1-4-9-18(2,3)10-8-11-6-5-7-12(15)13(11)14(16)17/h4-7H,1,8-10H2,2-3H3,(H2,16,17). The average molecular weight is 282 g/mol. The van der Waals surface area contributed by atoms with Crippen LogP contribution in [0.4, 0.5) is 0 Å². The van der Waals surface area contributed by atoms with Crippen LogP contribution in [0, 0.1) is 0 Å². The van der Waals surface area contributed by atoms with Crippen molar-refractivity contribution in [3.63, 3.8) is 0 Å². The highest BCUT2D eigenvalue weighted by atomic mass is 35.5. The van der Waals surface area contributed by atoms with E-state index in [1.807, 2.05) is 18.2 Å². The van der Waals surface area contributed by atoms with Gasteiger partial charge in [0.25, 0.3) is 0 Å². The summed E-state index contributed by atoms with van der Waals surface area (Å²) < 4.78 is 0. The van der Waals surface area contributed by atoms with Crippen molar-refractivity contribution in [2.75, 3.05) is 0 Å². The minimum Gasteiger partial charge on any atom is -0.366 e. The van der Waals surface area contributed by atoms with Gasteiger partial charge in [0, 0.05) is 0 Å². The molecule has 0 aromatic heterocycles. The average Bonchev–Trinajstić information content (AvgIpc) is 2.26. The Balaban J connectivity index is 2.88. The molecule has 1 amide bonds. The van der Waals surface area contributed by atoms with Crippen molar-refractivity contribution in [1.82, 2.24) is 0 Å². The third-order valence-electron chi connectivity index (χ3n) is 3.11. The van der Waals surface area contributed by atoms with E-state index in [0.717, 1.165) is 24.1 Å². The number of rotatable bonds is 6. The summed E-state index contributed by atoms with van der Waals surface area (Å²) in [4.78, 5) is 11.4. The molecule has 0 radical (unpaired) electrons. The Morgan fingerprint density at radius 1 is 1.50 bits per heavy atom. The maximum Gasteiger partial charge on any atom is 0.250 e. The quantitative estimate of drug-likeness (QED) is 0.624. The van der Waals surface area contributed by atoms with Crippen molar-refractivity contribution < 1.29 is 4.79 Å². The fourth-order valence-electron chi connectivity index (χ4n) is 2.02. The summed E-state index contributed by atoms with van der Waals surface area (Å²) in [5.74, 6) is -0.446. The molecule has 0 heterocycles. The number of carbonyl (C=O) groups is 1. The van der Waals surface area contributed by atoms with Crippen LogP contribution in [0.3, 0.4) is 0 Å². The SMILES string of the molecule is C=CC[Si](C)(C)CCc1cccc(Cl)c1C(N)=O. The van der Waals surface area contributed by atoms with E-state index in [4.69, 9.17) is 17.3 Å². The lowest BCUT2D eigenvalue weighted by atomic mass is 10.0. The molecular weight excluding hydrogens is 262 g/mol. The van der Waals surface area contributed by atoms with Crippen molar-refractivity contribution in [1.29, 1.82) is 0 Å². The minimum atomic E-state index is -1.27. The second kappa shape index (κ2) is 6.21. The first-order chi connectivity index (χ1) is 8.37. The van der Waals surface area contributed by atoms with Crippen molar-refractivity contribution >= 4 is 25.6 Å². The van der Waals surface area contributed by atoms with Crippen molar-refractivity contribution in [3.05, 3.63) is 47.0 Å².